The summed E-state index contributed by atoms with van der Waals surface area (Å²) in [7, 11) is 0. The zero-order valence-electron chi connectivity index (χ0n) is 12.1. The van der Waals surface area contributed by atoms with Crippen molar-refractivity contribution >= 4 is 11.3 Å². The van der Waals surface area contributed by atoms with Gasteiger partial charge < -0.3 is 5.32 Å². The van der Waals surface area contributed by atoms with Gasteiger partial charge in [-0.2, -0.15) is 0 Å². The minimum Gasteiger partial charge on any atom is -0.313 e. The topological polar surface area (TPSA) is 12.0 Å². The first-order valence-electron chi connectivity index (χ1n) is 7.66. The first-order chi connectivity index (χ1) is 9.85. The molecule has 1 N–H and O–H groups in total. The molecule has 0 amide bonds. The summed E-state index contributed by atoms with van der Waals surface area (Å²) in [5.74, 6) is 0. The van der Waals surface area contributed by atoms with Crippen LogP contribution in [-0.4, -0.2) is 12.6 Å². The van der Waals surface area contributed by atoms with Crippen LogP contribution in [0.3, 0.4) is 0 Å². The smallest absolute Gasteiger partial charge is 0.0167 e. The second-order valence-electron chi connectivity index (χ2n) is 5.75. The number of likely N-dealkylation sites (N-methyl/N-ethyl adjacent to an activating group) is 1. The standard InChI is InChI=1S/C18H23NS/c1-2-19-17(11-10-16-9-6-14-20-16)18(12-13-18)15-7-4-3-5-8-15/h3-9,14,17,19H,2,10-13H2,1H3. The molecule has 1 unspecified atom stereocenters. The lowest BCUT2D eigenvalue weighted by atomic mass is 9.85. The fraction of sp³-hybridized carbons (Fsp3) is 0.444. The van der Waals surface area contributed by atoms with Gasteiger partial charge in [-0.25, -0.2) is 0 Å². The summed E-state index contributed by atoms with van der Waals surface area (Å²) in [6, 6.07) is 16.1. The molecule has 1 saturated carbocycles. The molecule has 0 radical (unpaired) electrons. The van der Waals surface area contributed by atoms with E-state index in [2.05, 4.69) is 60.1 Å². The highest BCUT2D eigenvalue weighted by atomic mass is 32.1. The van der Waals surface area contributed by atoms with Crippen LogP contribution < -0.4 is 5.32 Å². The van der Waals surface area contributed by atoms with Crippen LogP contribution in [0.4, 0.5) is 0 Å². The van der Waals surface area contributed by atoms with Gasteiger partial charge >= 0.3 is 0 Å². The average Bonchev–Trinajstić information content (AvgIpc) is 3.14. The van der Waals surface area contributed by atoms with Gasteiger partial charge in [0.15, 0.2) is 0 Å². The van der Waals surface area contributed by atoms with Gasteiger partial charge in [0.05, 0.1) is 0 Å². The highest BCUT2D eigenvalue weighted by Gasteiger charge is 2.49. The number of aryl methyl sites for hydroxylation is 1. The van der Waals surface area contributed by atoms with Crippen LogP contribution in [0.2, 0.25) is 0 Å². The maximum absolute atomic E-state index is 3.75. The van der Waals surface area contributed by atoms with Gasteiger partial charge in [-0.1, -0.05) is 43.3 Å². The number of rotatable bonds is 7. The summed E-state index contributed by atoms with van der Waals surface area (Å²) >= 11 is 1.88. The van der Waals surface area contributed by atoms with Gasteiger partial charge in [-0.15, -0.1) is 11.3 Å². The molecule has 0 spiro atoms. The van der Waals surface area contributed by atoms with Crippen LogP contribution in [0.1, 0.15) is 36.6 Å². The first kappa shape index (κ1) is 13.8. The van der Waals surface area contributed by atoms with Crippen molar-refractivity contribution in [1.82, 2.24) is 5.32 Å². The van der Waals surface area contributed by atoms with Gasteiger partial charge in [0.25, 0.3) is 0 Å². The Morgan fingerprint density at radius 3 is 2.55 bits per heavy atom. The Balaban J connectivity index is 1.73. The normalized spacial score (nSPS) is 17.9. The Morgan fingerprint density at radius 1 is 1.15 bits per heavy atom. The molecule has 3 rings (SSSR count). The second-order valence-corrected chi connectivity index (χ2v) is 6.78. The van der Waals surface area contributed by atoms with Gasteiger partial charge in [-0.05, 0) is 49.2 Å². The Labute approximate surface area is 126 Å². The third-order valence-corrected chi connectivity index (χ3v) is 5.45. The largest absolute Gasteiger partial charge is 0.313 e. The van der Waals surface area contributed by atoms with Gasteiger partial charge in [0.2, 0.25) is 0 Å². The van der Waals surface area contributed by atoms with Crippen molar-refractivity contribution in [3.8, 4) is 0 Å². The molecule has 1 nitrogen and oxygen atoms in total. The summed E-state index contributed by atoms with van der Waals surface area (Å²) in [5.41, 5.74) is 1.92. The molecular weight excluding hydrogens is 262 g/mol. The molecule has 1 fully saturated rings. The molecule has 0 saturated heterocycles. The van der Waals surface area contributed by atoms with Crippen molar-refractivity contribution in [3.63, 3.8) is 0 Å². The molecule has 2 heteroatoms. The number of benzene rings is 1. The number of hydrogen-bond acceptors (Lipinski definition) is 2. The predicted octanol–water partition coefficient (Wildman–Crippen LogP) is 4.39. The molecule has 2 aromatic rings. The SMILES string of the molecule is CCNC(CCc1cccs1)C1(c2ccccc2)CC1. The van der Waals surface area contributed by atoms with Crippen LogP contribution in [-0.2, 0) is 11.8 Å². The maximum Gasteiger partial charge on any atom is 0.0167 e. The molecular formula is C18H23NS. The van der Waals surface area contributed by atoms with E-state index in [1.807, 2.05) is 11.3 Å². The molecule has 106 valence electrons. The van der Waals surface area contributed by atoms with E-state index in [-0.39, 0.29) is 0 Å². The van der Waals surface area contributed by atoms with Crippen LogP contribution in [0.5, 0.6) is 0 Å². The summed E-state index contributed by atoms with van der Waals surface area (Å²) in [6.07, 6.45) is 5.10. The van der Waals surface area contributed by atoms with E-state index in [4.69, 9.17) is 0 Å². The van der Waals surface area contributed by atoms with E-state index in [0.717, 1.165) is 6.54 Å². The fourth-order valence-electron chi connectivity index (χ4n) is 3.30. The first-order valence-corrected chi connectivity index (χ1v) is 8.54. The third kappa shape index (κ3) is 2.82. The van der Waals surface area contributed by atoms with Crippen molar-refractivity contribution in [2.24, 2.45) is 0 Å². The van der Waals surface area contributed by atoms with Crippen LogP contribution in [0.25, 0.3) is 0 Å². The molecule has 1 heterocycles. The quantitative estimate of drug-likeness (QED) is 0.795. The Bertz CT molecular complexity index is 514. The average molecular weight is 285 g/mol. The minimum absolute atomic E-state index is 0.397. The summed E-state index contributed by atoms with van der Waals surface area (Å²) in [6.45, 7) is 3.28. The molecule has 0 bridgehead atoms. The van der Waals surface area contributed by atoms with E-state index in [1.165, 1.54) is 36.1 Å². The minimum atomic E-state index is 0.397. The zero-order valence-corrected chi connectivity index (χ0v) is 13.0. The van der Waals surface area contributed by atoms with E-state index >= 15 is 0 Å². The van der Waals surface area contributed by atoms with E-state index in [1.54, 1.807) is 0 Å². The Hall–Kier alpha value is -1.12. The lowest BCUT2D eigenvalue weighted by Gasteiger charge is -2.28. The van der Waals surface area contributed by atoms with Crippen molar-refractivity contribution < 1.29 is 0 Å². The Kier molecular flexibility index (Phi) is 4.23. The van der Waals surface area contributed by atoms with Crippen molar-refractivity contribution in [1.29, 1.82) is 0 Å². The number of nitrogens with one attached hydrogen (secondary N) is 1. The van der Waals surface area contributed by atoms with Crippen LogP contribution in [0, 0.1) is 0 Å². The van der Waals surface area contributed by atoms with Crippen molar-refractivity contribution in [3.05, 3.63) is 58.3 Å². The van der Waals surface area contributed by atoms with Gasteiger partial charge in [0.1, 0.15) is 0 Å². The zero-order chi connectivity index (χ0) is 13.8. The van der Waals surface area contributed by atoms with Gasteiger partial charge in [0, 0.05) is 16.3 Å². The highest BCUT2D eigenvalue weighted by molar-refractivity contribution is 7.09. The van der Waals surface area contributed by atoms with E-state index < -0.39 is 0 Å². The number of hydrogen-bond donors (Lipinski definition) is 1. The molecule has 1 atom stereocenters. The summed E-state index contributed by atoms with van der Waals surface area (Å²) < 4.78 is 0. The van der Waals surface area contributed by atoms with Crippen LogP contribution in [0.15, 0.2) is 47.8 Å². The van der Waals surface area contributed by atoms with E-state index in [9.17, 15) is 0 Å². The third-order valence-electron chi connectivity index (χ3n) is 4.51. The lowest BCUT2D eigenvalue weighted by molar-refractivity contribution is 0.401. The van der Waals surface area contributed by atoms with Crippen molar-refractivity contribution in [2.45, 2.75) is 44.1 Å². The predicted molar refractivity (Wildman–Crippen MR) is 87.5 cm³/mol. The second kappa shape index (κ2) is 6.11. The molecule has 1 aliphatic carbocycles. The Morgan fingerprint density at radius 2 is 1.95 bits per heavy atom. The molecule has 0 aliphatic heterocycles. The summed E-state index contributed by atoms with van der Waals surface area (Å²) in [4.78, 5) is 1.51. The van der Waals surface area contributed by atoms with Crippen LogP contribution >= 0.6 is 11.3 Å². The van der Waals surface area contributed by atoms with Gasteiger partial charge in [-0.3, -0.25) is 0 Å². The molecule has 1 aliphatic rings. The lowest BCUT2D eigenvalue weighted by Crippen LogP contribution is -2.40. The van der Waals surface area contributed by atoms with Crippen molar-refractivity contribution in [2.75, 3.05) is 6.54 Å². The fourth-order valence-corrected chi connectivity index (χ4v) is 4.03. The highest BCUT2D eigenvalue weighted by Crippen LogP contribution is 2.52. The molecule has 1 aromatic carbocycles. The maximum atomic E-state index is 3.75. The molecule has 1 aromatic heterocycles. The summed E-state index contributed by atoms with van der Waals surface area (Å²) in [5, 5.41) is 5.93. The monoisotopic (exact) mass is 285 g/mol. The van der Waals surface area contributed by atoms with E-state index in [0.29, 0.717) is 11.5 Å². The molecule has 20 heavy (non-hydrogen) atoms. The number of thiophene rings is 1.